The summed E-state index contributed by atoms with van der Waals surface area (Å²) < 4.78 is 10.8. The van der Waals surface area contributed by atoms with Crippen LogP contribution < -0.4 is 0 Å². The van der Waals surface area contributed by atoms with Crippen molar-refractivity contribution in [3.05, 3.63) is 35.7 Å². The normalized spacial score (nSPS) is 17.0. The third-order valence-corrected chi connectivity index (χ3v) is 4.70. The third-order valence-electron chi connectivity index (χ3n) is 4.70. The van der Waals surface area contributed by atoms with Gasteiger partial charge in [-0.2, -0.15) is 0 Å². The Balaban J connectivity index is 1.59. The van der Waals surface area contributed by atoms with Crippen LogP contribution in [-0.4, -0.2) is 46.2 Å². The van der Waals surface area contributed by atoms with Crippen molar-refractivity contribution in [1.82, 2.24) is 15.1 Å². The lowest BCUT2D eigenvalue weighted by Crippen LogP contribution is -2.48. The lowest BCUT2D eigenvalue weighted by Gasteiger charge is -2.34. The lowest BCUT2D eigenvalue weighted by atomic mass is 10.0. The summed E-state index contributed by atoms with van der Waals surface area (Å²) in [6.07, 6.45) is 3.06. The molecular formula is C20H25N3O4. The first kappa shape index (κ1) is 19.1. The van der Waals surface area contributed by atoms with E-state index in [1.54, 1.807) is 11.8 Å². The molecule has 144 valence electrons. The number of hydrogen-bond donors (Lipinski definition) is 0. The Morgan fingerprint density at radius 2 is 2.00 bits per heavy atom. The van der Waals surface area contributed by atoms with Gasteiger partial charge in [-0.3, -0.25) is 4.79 Å². The summed E-state index contributed by atoms with van der Waals surface area (Å²) in [5, 5.41) is 8.10. The average molecular weight is 371 g/mol. The van der Waals surface area contributed by atoms with Crippen LogP contribution in [0.2, 0.25) is 0 Å². The molecule has 1 aliphatic rings. The molecule has 2 heterocycles. The van der Waals surface area contributed by atoms with E-state index >= 15 is 0 Å². The summed E-state index contributed by atoms with van der Waals surface area (Å²) in [7, 11) is 0. The van der Waals surface area contributed by atoms with Gasteiger partial charge in [0.15, 0.2) is 0 Å². The maximum atomic E-state index is 12.6. The SMILES string of the molecule is CCOC(=O)C1CCCCN1C(=O)CCc1nnc(-c2ccc(C)cc2)o1. The third kappa shape index (κ3) is 4.72. The van der Waals surface area contributed by atoms with E-state index in [9.17, 15) is 9.59 Å². The lowest BCUT2D eigenvalue weighted by molar-refractivity contribution is -0.156. The van der Waals surface area contributed by atoms with Crippen LogP contribution in [0.3, 0.4) is 0 Å². The Labute approximate surface area is 158 Å². The van der Waals surface area contributed by atoms with Gasteiger partial charge >= 0.3 is 5.97 Å². The van der Waals surface area contributed by atoms with Gasteiger partial charge in [0.2, 0.25) is 17.7 Å². The highest BCUT2D eigenvalue weighted by atomic mass is 16.5. The zero-order valence-electron chi connectivity index (χ0n) is 15.8. The fraction of sp³-hybridized carbons (Fsp3) is 0.500. The van der Waals surface area contributed by atoms with Crippen molar-refractivity contribution in [3.8, 4) is 11.5 Å². The average Bonchev–Trinajstić information content (AvgIpc) is 3.16. The molecule has 1 aliphatic heterocycles. The molecule has 0 radical (unpaired) electrons. The van der Waals surface area contributed by atoms with Crippen molar-refractivity contribution in [1.29, 1.82) is 0 Å². The highest BCUT2D eigenvalue weighted by Gasteiger charge is 2.32. The Morgan fingerprint density at radius 3 is 2.74 bits per heavy atom. The van der Waals surface area contributed by atoms with Crippen molar-refractivity contribution in [2.45, 2.75) is 52.0 Å². The van der Waals surface area contributed by atoms with Gasteiger partial charge in [-0.1, -0.05) is 17.7 Å². The fourth-order valence-corrected chi connectivity index (χ4v) is 3.24. The first-order chi connectivity index (χ1) is 13.1. The van der Waals surface area contributed by atoms with Crippen molar-refractivity contribution in [2.24, 2.45) is 0 Å². The highest BCUT2D eigenvalue weighted by molar-refractivity contribution is 5.84. The molecule has 1 fully saturated rings. The fourth-order valence-electron chi connectivity index (χ4n) is 3.24. The number of aryl methyl sites for hydroxylation is 2. The number of nitrogens with zero attached hydrogens (tertiary/aromatic N) is 3. The maximum Gasteiger partial charge on any atom is 0.328 e. The topological polar surface area (TPSA) is 85.5 Å². The molecule has 1 aromatic heterocycles. The van der Waals surface area contributed by atoms with Gasteiger partial charge < -0.3 is 14.1 Å². The van der Waals surface area contributed by atoms with E-state index in [0.29, 0.717) is 37.8 Å². The van der Waals surface area contributed by atoms with Crippen molar-refractivity contribution < 1.29 is 18.7 Å². The number of rotatable bonds is 6. The van der Waals surface area contributed by atoms with E-state index in [-0.39, 0.29) is 18.3 Å². The molecule has 0 aliphatic carbocycles. The quantitative estimate of drug-likeness (QED) is 0.726. The minimum atomic E-state index is -0.475. The predicted octanol–water partition coefficient (Wildman–Crippen LogP) is 2.92. The van der Waals surface area contributed by atoms with Gasteiger partial charge in [0, 0.05) is 24.9 Å². The molecule has 1 atom stereocenters. The summed E-state index contributed by atoms with van der Waals surface area (Å²) in [6.45, 7) is 4.69. The largest absolute Gasteiger partial charge is 0.464 e. The summed E-state index contributed by atoms with van der Waals surface area (Å²) in [6, 6.07) is 7.34. The maximum absolute atomic E-state index is 12.6. The van der Waals surface area contributed by atoms with Crippen molar-refractivity contribution >= 4 is 11.9 Å². The van der Waals surface area contributed by atoms with Crippen LogP contribution in [0.5, 0.6) is 0 Å². The molecule has 7 nitrogen and oxygen atoms in total. The molecule has 2 aromatic rings. The second-order valence-electron chi connectivity index (χ2n) is 6.72. The zero-order valence-corrected chi connectivity index (χ0v) is 15.8. The van der Waals surface area contributed by atoms with Crippen LogP contribution >= 0.6 is 0 Å². The molecule has 0 bridgehead atoms. The number of carbonyl (C=O) groups excluding carboxylic acids is 2. The van der Waals surface area contributed by atoms with E-state index in [4.69, 9.17) is 9.15 Å². The van der Waals surface area contributed by atoms with Crippen LogP contribution in [0.15, 0.2) is 28.7 Å². The molecule has 1 saturated heterocycles. The molecule has 7 heteroatoms. The number of ether oxygens (including phenoxy) is 1. The number of likely N-dealkylation sites (tertiary alicyclic amines) is 1. The van der Waals surface area contributed by atoms with E-state index in [1.807, 2.05) is 31.2 Å². The van der Waals surface area contributed by atoms with Crippen LogP contribution in [0.1, 0.15) is 44.1 Å². The highest BCUT2D eigenvalue weighted by Crippen LogP contribution is 2.21. The van der Waals surface area contributed by atoms with Gasteiger partial charge in [0.1, 0.15) is 6.04 Å². The Kier molecular flexibility index (Phi) is 6.21. The summed E-state index contributed by atoms with van der Waals surface area (Å²) >= 11 is 0. The summed E-state index contributed by atoms with van der Waals surface area (Å²) in [5.74, 6) is 0.469. The van der Waals surface area contributed by atoms with Gasteiger partial charge in [-0.25, -0.2) is 4.79 Å². The number of esters is 1. The smallest absolute Gasteiger partial charge is 0.328 e. The number of piperidine rings is 1. The van der Waals surface area contributed by atoms with E-state index in [2.05, 4.69) is 10.2 Å². The number of amides is 1. The van der Waals surface area contributed by atoms with E-state index in [1.165, 1.54) is 0 Å². The molecule has 1 amide bonds. The first-order valence-corrected chi connectivity index (χ1v) is 9.44. The Morgan fingerprint density at radius 1 is 1.22 bits per heavy atom. The van der Waals surface area contributed by atoms with Crippen LogP contribution in [0.4, 0.5) is 0 Å². The van der Waals surface area contributed by atoms with Gasteiger partial charge in [0.05, 0.1) is 6.61 Å². The second-order valence-corrected chi connectivity index (χ2v) is 6.72. The number of hydrogen-bond acceptors (Lipinski definition) is 6. The van der Waals surface area contributed by atoms with E-state index < -0.39 is 6.04 Å². The number of aromatic nitrogens is 2. The van der Waals surface area contributed by atoms with Crippen molar-refractivity contribution in [2.75, 3.05) is 13.2 Å². The molecular weight excluding hydrogens is 346 g/mol. The molecule has 0 N–H and O–H groups in total. The van der Waals surface area contributed by atoms with Gasteiger partial charge in [-0.05, 0) is 45.2 Å². The first-order valence-electron chi connectivity index (χ1n) is 9.44. The summed E-state index contributed by atoms with van der Waals surface area (Å²) in [4.78, 5) is 26.4. The molecule has 27 heavy (non-hydrogen) atoms. The Hall–Kier alpha value is -2.70. The van der Waals surface area contributed by atoms with Crippen LogP contribution in [-0.2, 0) is 20.7 Å². The predicted molar refractivity (Wildman–Crippen MR) is 98.8 cm³/mol. The minimum absolute atomic E-state index is 0.0807. The summed E-state index contributed by atoms with van der Waals surface area (Å²) in [5.41, 5.74) is 2.01. The standard InChI is InChI=1S/C20H25N3O4/c1-3-26-20(25)16-6-4-5-13-23(16)18(24)12-11-17-21-22-19(27-17)15-9-7-14(2)8-10-15/h7-10,16H,3-6,11-13H2,1-2H3. The van der Waals surface area contributed by atoms with Crippen molar-refractivity contribution in [3.63, 3.8) is 0 Å². The van der Waals surface area contributed by atoms with Gasteiger partial charge in [-0.15, -0.1) is 10.2 Å². The monoisotopic (exact) mass is 371 g/mol. The number of benzene rings is 1. The van der Waals surface area contributed by atoms with Crippen LogP contribution in [0, 0.1) is 6.92 Å². The van der Waals surface area contributed by atoms with Crippen LogP contribution in [0.25, 0.3) is 11.5 Å². The molecule has 0 spiro atoms. The van der Waals surface area contributed by atoms with Gasteiger partial charge in [0.25, 0.3) is 0 Å². The minimum Gasteiger partial charge on any atom is -0.464 e. The molecule has 1 unspecified atom stereocenters. The number of carbonyl (C=O) groups is 2. The molecule has 1 aromatic carbocycles. The Bertz CT molecular complexity index is 785. The van der Waals surface area contributed by atoms with E-state index in [0.717, 1.165) is 24.0 Å². The zero-order chi connectivity index (χ0) is 19.2. The molecule has 3 rings (SSSR count). The second kappa shape index (κ2) is 8.79. The molecule has 0 saturated carbocycles.